The molecule has 0 bridgehead atoms. The Morgan fingerprint density at radius 1 is 1.12 bits per heavy atom. The summed E-state index contributed by atoms with van der Waals surface area (Å²) >= 11 is 0. The zero-order valence-electron chi connectivity index (χ0n) is 14.3. The quantitative estimate of drug-likeness (QED) is 0.898. The number of aliphatic hydroxyl groups is 1. The van der Waals surface area contributed by atoms with Crippen molar-refractivity contribution in [3.05, 3.63) is 53.2 Å². The lowest BCUT2D eigenvalue weighted by Gasteiger charge is -2.35. The number of nitrogens with zero attached hydrogens (tertiary/aromatic N) is 3. The average molecular weight is 367 g/mol. The van der Waals surface area contributed by atoms with Crippen LogP contribution in [0.15, 0.2) is 36.4 Å². The van der Waals surface area contributed by atoms with E-state index in [1.54, 1.807) is 29.2 Å². The predicted molar refractivity (Wildman–Crippen MR) is 88.5 cm³/mol. The normalized spacial score (nSPS) is 17.9. The zero-order chi connectivity index (χ0) is 18.7. The van der Waals surface area contributed by atoms with Gasteiger partial charge < -0.3 is 9.84 Å². The highest BCUT2D eigenvalue weighted by Crippen LogP contribution is 2.39. The van der Waals surface area contributed by atoms with Gasteiger partial charge in [-0.25, -0.2) is 0 Å². The number of likely N-dealkylation sites (tertiary alicyclic amines) is 1. The summed E-state index contributed by atoms with van der Waals surface area (Å²) in [6, 6.07) is 8.96. The first-order valence-corrected chi connectivity index (χ1v) is 8.36. The maximum atomic E-state index is 13.2. The van der Waals surface area contributed by atoms with Crippen molar-refractivity contribution in [2.24, 2.45) is 0 Å². The fourth-order valence-electron chi connectivity index (χ4n) is 3.33. The van der Waals surface area contributed by atoms with E-state index in [0.717, 1.165) is 6.07 Å². The molecule has 5 nitrogen and oxygen atoms in total. The van der Waals surface area contributed by atoms with Crippen LogP contribution in [0.3, 0.4) is 0 Å². The minimum Gasteiger partial charge on any atom is -0.480 e. The molecule has 26 heavy (non-hydrogen) atoms. The largest absolute Gasteiger partial charge is 0.480 e. The van der Waals surface area contributed by atoms with Crippen LogP contribution in [0.2, 0.25) is 0 Å². The van der Waals surface area contributed by atoms with E-state index in [-0.39, 0.29) is 5.92 Å². The molecule has 1 fully saturated rings. The van der Waals surface area contributed by atoms with Gasteiger partial charge in [0.1, 0.15) is 5.69 Å². The first kappa shape index (κ1) is 18.6. The molecule has 2 heterocycles. The Kier molecular flexibility index (Phi) is 5.43. The van der Waals surface area contributed by atoms with Gasteiger partial charge in [0, 0.05) is 19.2 Å². The molecule has 1 aromatic carbocycles. The fourth-order valence-corrected chi connectivity index (χ4v) is 3.33. The SMILES string of the molecule is COc1ccc(C(O)N2CCC(c3ccccc3C(F)(F)F)CC2)nn1. The van der Waals surface area contributed by atoms with Gasteiger partial charge in [0.2, 0.25) is 5.88 Å². The molecule has 1 unspecified atom stereocenters. The van der Waals surface area contributed by atoms with Gasteiger partial charge >= 0.3 is 6.18 Å². The van der Waals surface area contributed by atoms with E-state index in [9.17, 15) is 18.3 Å². The average Bonchev–Trinajstić information content (AvgIpc) is 2.67. The maximum Gasteiger partial charge on any atom is 0.416 e. The smallest absolute Gasteiger partial charge is 0.416 e. The van der Waals surface area contributed by atoms with Gasteiger partial charge in [-0.3, -0.25) is 4.90 Å². The van der Waals surface area contributed by atoms with Crippen LogP contribution < -0.4 is 4.74 Å². The molecule has 0 saturated carbocycles. The molecule has 1 saturated heterocycles. The van der Waals surface area contributed by atoms with Crippen LogP contribution in [0, 0.1) is 0 Å². The number of ether oxygens (including phenoxy) is 1. The second kappa shape index (κ2) is 7.59. The Bertz CT molecular complexity index is 729. The molecule has 140 valence electrons. The fraction of sp³-hybridized carbons (Fsp3) is 0.444. The van der Waals surface area contributed by atoms with Crippen molar-refractivity contribution in [1.29, 1.82) is 0 Å². The van der Waals surface area contributed by atoms with Crippen LogP contribution in [-0.2, 0) is 6.18 Å². The van der Waals surface area contributed by atoms with Crippen LogP contribution in [0.5, 0.6) is 5.88 Å². The van der Waals surface area contributed by atoms with Crippen molar-refractivity contribution in [1.82, 2.24) is 15.1 Å². The summed E-state index contributed by atoms with van der Waals surface area (Å²) in [6.45, 7) is 0.956. The summed E-state index contributed by atoms with van der Waals surface area (Å²) in [6.07, 6.45) is -4.22. The van der Waals surface area contributed by atoms with Crippen LogP contribution >= 0.6 is 0 Å². The Hall–Kier alpha value is -2.19. The van der Waals surface area contributed by atoms with Gasteiger partial charge in [-0.1, -0.05) is 18.2 Å². The first-order valence-electron chi connectivity index (χ1n) is 8.36. The van der Waals surface area contributed by atoms with Crippen LogP contribution in [0.25, 0.3) is 0 Å². The molecule has 0 spiro atoms. The van der Waals surface area contributed by atoms with E-state index in [0.29, 0.717) is 43.1 Å². The molecular weight excluding hydrogens is 347 g/mol. The second-order valence-corrected chi connectivity index (χ2v) is 6.27. The number of hydrogen-bond acceptors (Lipinski definition) is 5. The summed E-state index contributed by atoms with van der Waals surface area (Å²) < 4.78 is 44.6. The second-order valence-electron chi connectivity index (χ2n) is 6.27. The third-order valence-corrected chi connectivity index (χ3v) is 4.72. The molecule has 0 aliphatic carbocycles. The number of benzene rings is 1. The first-order chi connectivity index (χ1) is 12.4. The lowest BCUT2D eigenvalue weighted by atomic mass is 9.86. The molecule has 2 aromatic rings. The van der Waals surface area contributed by atoms with Gasteiger partial charge in [0.25, 0.3) is 0 Å². The molecule has 0 amide bonds. The van der Waals surface area contributed by atoms with Gasteiger partial charge in [-0.05, 0) is 36.5 Å². The highest BCUT2D eigenvalue weighted by atomic mass is 19.4. The molecular formula is C18H20F3N3O2. The number of methoxy groups -OCH3 is 1. The number of rotatable bonds is 4. The topological polar surface area (TPSA) is 58.5 Å². The van der Waals surface area contributed by atoms with Gasteiger partial charge in [-0.15, -0.1) is 10.2 Å². The summed E-state index contributed by atoms with van der Waals surface area (Å²) in [5.41, 5.74) is 0.151. The van der Waals surface area contributed by atoms with E-state index < -0.39 is 18.0 Å². The van der Waals surface area contributed by atoms with Gasteiger partial charge in [0.05, 0.1) is 12.7 Å². The maximum absolute atomic E-state index is 13.2. The summed E-state index contributed by atoms with van der Waals surface area (Å²) in [7, 11) is 1.48. The number of hydrogen-bond donors (Lipinski definition) is 1. The monoisotopic (exact) mass is 367 g/mol. The van der Waals surface area contributed by atoms with Crippen molar-refractivity contribution in [3.8, 4) is 5.88 Å². The minimum absolute atomic E-state index is 0.182. The lowest BCUT2D eigenvalue weighted by molar-refractivity contribution is -0.138. The number of alkyl halides is 3. The van der Waals surface area contributed by atoms with Gasteiger partial charge in [0.15, 0.2) is 6.23 Å². The van der Waals surface area contributed by atoms with Gasteiger partial charge in [-0.2, -0.15) is 13.2 Å². The van der Waals surface area contributed by atoms with Crippen molar-refractivity contribution >= 4 is 0 Å². The number of aliphatic hydroxyl groups excluding tert-OH is 1. The number of piperidine rings is 1. The van der Waals surface area contributed by atoms with E-state index in [1.165, 1.54) is 13.2 Å². The van der Waals surface area contributed by atoms with E-state index in [4.69, 9.17) is 4.74 Å². The summed E-state index contributed by atoms with van der Waals surface area (Å²) in [4.78, 5) is 1.79. The van der Waals surface area contributed by atoms with E-state index in [2.05, 4.69) is 10.2 Å². The third kappa shape index (κ3) is 3.96. The lowest BCUT2D eigenvalue weighted by Crippen LogP contribution is -2.37. The molecule has 1 aliphatic heterocycles. The van der Waals surface area contributed by atoms with Crippen molar-refractivity contribution in [3.63, 3.8) is 0 Å². The minimum atomic E-state index is -4.36. The Labute approximate surface area is 149 Å². The van der Waals surface area contributed by atoms with Crippen molar-refractivity contribution in [2.75, 3.05) is 20.2 Å². The van der Waals surface area contributed by atoms with Crippen molar-refractivity contribution < 1.29 is 23.0 Å². The number of aromatic nitrogens is 2. The molecule has 1 atom stereocenters. The standard InChI is InChI=1S/C18H20F3N3O2/c1-26-16-7-6-15(22-23-16)17(25)24-10-8-12(9-11-24)13-4-2-3-5-14(13)18(19,20)21/h2-7,12,17,25H,8-11H2,1H3. The molecule has 3 rings (SSSR count). The molecule has 1 aliphatic rings. The molecule has 0 radical (unpaired) electrons. The Morgan fingerprint density at radius 2 is 1.81 bits per heavy atom. The Morgan fingerprint density at radius 3 is 2.38 bits per heavy atom. The highest BCUT2D eigenvalue weighted by molar-refractivity contribution is 5.33. The van der Waals surface area contributed by atoms with Crippen LogP contribution in [-0.4, -0.2) is 40.4 Å². The Balaban J connectivity index is 1.68. The predicted octanol–water partition coefficient (Wildman–Crippen LogP) is 3.37. The number of halogens is 3. The third-order valence-electron chi connectivity index (χ3n) is 4.72. The molecule has 8 heteroatoms. The highest BCUT2D eigenvalue weighted by Gasteiger charge is 2.36. The van der Waals surface area contributed by atoms with E-state index >= 15 is 0 Å². The zero-order valence-corrected chi connectivity index (χ0v) is 14.3. The molecule has 1 N–H and O–H groups in total. The van der Waals surface area contributed by atoms with Crippen LogP contribution in [0.1, 0.15) is 41.8 Å². The van der Waals surface area contributed by atoms with Crippen molar-refractivity contribution in [2.45, 2.75) is 31.2 Å². The summed E-state index contributed by atoms with van der Waals surface area (Å²) in [5.74, 6) is 0.168. The van der Waals surface area contributed by atoms with E-state index in [1.807, 2.05) is 0 Å². The van der Waals surface area contributed by atoms with Crippen LogP contribution in [0.4, 0.5) is 13.2 Å². The summed E-state index contributed by atoms with van der Waals surface area (Å²) in [5, 5.41) is 18.2. The molecule has 1 aromatic heterocycles.